The number of ether oxygens (including phenoxy) is 1. The summed E-state index contributed by atoms with van der Waals surface area (Å²) in [6.45, 7) is 1.60. The molecule has 0 radical (unpaired) electrons. The van der Waals surface area contributed by atoms with Crippen LogP contribution in [0.4, 0.5) is 4.39 Å². The standard InChI is InChI=1S/C20H18Cl2FN3O2/c1-12(28-17-7-6-14(21)11-16(17)22)20(27)25-18(19-24-8-9-26(19)2)13-4-3-5-15(23)10-13/h3-12,18H,1-2H3,(H,25,27)/t12-,18-/m1/s1. The van der Waals surface area contributed by atoms with Crippen molar-refractivity contribution in [1.82, 2.24) is 14.9 Å². The van der Waals surface area contributed by atoms with Gasteiger partial charge in [0.2, 0.25) is 0 Å². The fourth-order valence-electron chi connectivity index (χ4n) is 2.71. The highest BCUT2D eigenvalue weighted by Crippen LogP contribution is 2.28. The van der Waals surface area contributed by atoms with Crippen molar-refractivity contribution in [1.29, 1.82) is 0 Å². The average molecular weight is 422 g/mol. The van der Waals surface area contributed by atoms with Crippen LogP contribution >= 0.6 is 23.2 Å². The Morgan fingerprint density at radius 3 is 2.68 bits per heavy atom. The molecule has 2 atom stereocenters. The summed E-state index contributed by atoms with van der Waals surface area (Å²) < 4.78 is 21.2. The Labute approximate surface area is 172 Å². The molecule has 0 bridgehead atoms. The van der Waals surface area contributed by atoms with Crippen LogP contribution in [0.15, 0.2) is 54.9 Å². The van der Waals surface area contributed by atoms with Gasteiger partial charge in [-0.2, -0.15) is 0 Å². The molecular weight excluding hydrogens is 404 g/mol. The van der Waals surface area contributed by atoms with Crippen LogP contribution in [-0.2, 0) is 11.8 Å². The van der Waals surface area contributed by atoms with E-state index in [4.69, 9.17) is 27.9 Å². The van der Waals surface area contributed by atoms with Gasteiger partial charge < -0.3 is 14.6 Å². The van der Waals surface area contributed by atoms with Crippen molar-refractivity contribution in [3.63, 3.8) is 0 Å². The number of amides is 1. The average Bonchev–Trinajstić information content (AvgIpc) is 3.07. The Kier molecular flexibility index (Phi) is 6.21. The van der Waals surface area contributed by atoms with Crippen molar-refractivity contribution in [3.8, 4) is 5.75 Å². The van der Waals surface area contributed by atoms with Gasteiger partial charge in [-0.25, -0.2) is 9.37 Å². The molecule has 3 rings (SSSR count). The van der Waals surface area contributed by atoms with Gasteiger partial charge in [-0.3, -0.25) is 4.79 Å². The molecule has 0 spiro atoms. The molecule has 0 unspecified atom stereocenters. The number of aromatic nitrogens is 2. The van der Waals surface area contributed by atoms with Crippen LogP contribution in [-0.4, -0.2) is 21.6 Å². The Hall–Kier alpha value is -2.57. The van der Waals surface area contributed by atoms with E-state index in [0.29, 0.717) is 27.2 Å². The maximum atomic E-state index is 13.7. The molecule has 28 heavy (non-hydrogen) atoms. The van der Waals surface area contributed by atoms with Gasteiger partial charge >= 0.3 is 0 Å². The lowest BCUT2D eigenvalue weighted by atomic mass is 10.1. The van der Waals surface area contributed by atoms with E-state index in [2.05, 4.69) is 10.3 Å². The SMILES string of the molecule is C[C@@H](Oc1ccc(Cl)cc1Cl)C(=O)N[C@H](c1cccc(F)c1)c1nccn1C. The van der Waals surface area contributed by atoms with Gasteiger partial charge in [0.15, 0.2) is 6.10 Å². The molecule has 5 nitrogen and oxygen atoms in total. The Balaban J connectivity index is 1.82. The third-order valence-electron chi connectivity index (χ3n) is 4.15. The van der Waals surface area contributed by atoms with Crippen molar-refractivity contribution < 1.29 is 13.9 Å². The lowest BCUT2D eigenvalue weighted by Crippen LogP contribution is -2.39. The molecule has 146 valence electrons. The molecule has 1 N–H and O–H groups in total. The number of hydrogen-bond acceptors (Lipinski definition) is 3. The minimum atomic E-state index is -0.852. The van der Waals surface area contributed by atoms with Crippen LogP contribution < -0.4 is 10.1 Å². The van der Waals surface area contributed by atoms with Gasteiger partial charge in [-0.05, 0) is 42.8 Å². The number of aryl methyl sites for hydroxylation is 1. The van der Waals surface area contributed by atoms with E-state index in [1.807, 2.05) is 0 Å². The van der Waals surface area contributed by atoms with Gasteiger partial charge in [-0.15, -0.1) is 0 Å². The van der Waals surface area contributed by atoms with E-state index >= 15 is 0 Å². The fraction of sp³-hybridized carbons (Fsp3) is 0.200. The van der Waals surface area contributed by atoms with Gasteiger partial charge in [0.25, 0.3) is 5.91 Å². The molecule has 1 amide bonds. The molecule has 1 aromatic heterocycles. The zero-order valence-electron chi connectivity index (χ0n) is 15.2. The molecule has 0 saturated heterocycles. The summed E-state index contributed by atoms with van der Waals surface area (Å²) in [5.74, 6) is 0.107. The lowest BCUT2D eigenvalue weighted by Gasteiger charge is -2.22. The van der Waals surface area contributed by atoms with Gasteiger partial charge in [0.1, 0.15) is 23.4 Å². The topological polar surface area (TPSA) is 56.1 Å². The van der Waals surface area contributed by atoms with Crippen molar-refractivity contribution in [3.05, 3.63) is 82.1 Å². The molecule has 0 aliphatic rings. The van der Waals surface area contributed by atoms with Crippen LogP contribution in [0.25, 0.3) is 0 Å². The number of imidazole rings is 1. The van der Waals surface area contributed by atoms with Crippen LogP contribution in [0, 0.1) is 5.82 Å². The third-order valence-corrected chi connectivity index (χ3v) is 4.68. The zero-order chi connectivity index (χ0) is 20.3. The first-order valence-electron chi connectivity index (χ1n) is 8.50. The highest BCUT2D eigenvalue weighted by atomic mass is 35.5. The number of carbonyl (C=O) groups is 1. The minimum absolute atomic E-state index is 0.304. The van der Waals surface area contributed by atoms with E-state index < -0.39 is 23.9 Å². The number of nitrogens with one attached hydrogen (secondary N) is 1. The van der Waals surface area contributed by atoms with E-state index in [1.165, 1.54) is 18.2 Å². The highest BCUT2D eigenvalue weighted by molar-refractivity contribution is 6.35. The second-order valence-corrected chi connectivity index (χ2v) is 7.07. The summed E-state index contributed by atoms with van der Waals surface area (Å²) in [5, 5.41) is 3.64. The second-order valence-electron chi connectivity index (χ2n) is 6.23. The number of halogens is 3. The summed E-state index contributed by atoms with van der Waals surface area (Å²) in [4.78, 5) is 17.1. The Morgan fingerprint density at radius 2 is 2.04 bits per heavy atom. The molecule has 8 heteroatoms. The molecule has 0 aliphatic carbocycles. The van der Waals surface area contributed by atoms with Gasteiger partial charge in [0.05, 0.1) is 5.02 Å². The van der Waals surface area contributed by atoms with Crippen molar-refractivity contribution in [2.24, 2.45) is 7.05 Å². The number of benzene rings is 2. The van der Waals surface area contributed by atoms with Crippen LogP contribution in [0.1, 0.15) is 24.4 Å². The third kappa shape index (κ3) is 4.64. The molecule has 2 aromatic carbocycles. The van der Waals surface area contributed by atoms with Crippen LogP contribution in [0.5, 0.6) is 5.75 Å². The maximum Gasteiger partial charge on any atom is 0.261 e. The fourth-order valence-corrected chi connectivity index (χ4v) is 3.17. The van der Waals surface area contributed by atoms with Crippen molar-refractivity contribution in [2.45, 2.75) is 19.1 Å². The first kappa shape index (κ1) is 20.2. The predicted molar refractivity (Wildman–Crippen MR) is 106 cm³/mol. The van der Waals surface area contributed by atoms with Crippen molar-refractivity contribution >= 4 is 29.1 Å². The highest BCUT2D eigenvalue weighted by Gasteiger charge is 2.25. The number of rotatable bonds is 6. The Bertz CT molecular complexity index is 993. The quantitative estimate of drug-likeness (QED) is 0.635. The van der Waals surface area contributed by atoms with Crippen LogP contribution in [0.3, 0.4) is 0 Å². The summed E-state index contributed by atoms with van der Waals surface area (Å²) in [5.41, 5.74) is 0.569. The number of hydrogen-bond donors (Lipinski definition) is 1. The second kappa shape index (κ2) is 8.63. The van der Waals surface area contributed by atoms with Gasteiger partial charge in [0, 0.05) is 24.5 Å². The molecule has 1 heterocycles. The van der Waals surface area contributed by atoms with E-state index in [1.54, 1.807) is 55.2 Å². The summed E-state index contributed by atoms with van der Waals surface area (Å²) in [7, 11) is 1.80. The normalized spacial score (nSPS) is 13.0. The first-order valence-corrected chi connectivity index (χ1v) is 9.25. The monoisotopic (exact) mass is 421 g/mol. The van der Waals surface area contributed by atoms with Crippen LogP contribution in [0.2, 0.25) is 10.0 Å². The number of carbonyl (C=O) groups excluding carboxylic acids is 1. The molecule has 0 fully saturated rings. The van der Waals surface area contributed by atoms with E-state index in [-0.39, 0.29) is 0 Å². The van der Waals surface area contributed by atoms with E-state index in [9.17, 15) is 9.18 Å². The zero-order valence-corrected chi connectivity index (χ0v) is 16.7. The summed E-state index contributed by atoms with van der Waals surface area (Å²) in [6, 6.07) is 10.1. The summed E-state index contributed by atoms with van der Waals surface area (Å²) in [6.07, 6.45) is 2.51. The van der Waals surface area contributed by atoms with Gasteiger partial charge in [-0.1, -0.05) is 35.3 Å². The summed E-state index contributed by atoms with van der Waals surface area (Å²) >= 11 is 12.0. The predicted octanol–water partition coefficient (Wildman–Crippen LogP) is 4.54. The lowest BCUT2D eigenvalue weighted by molar-refractivity contribution is -0.127. The maximum absolute atomic E-state index is 13.7. The van der Waals surface area contributed by atoms with Crippen molar-refractivity contribution in [2.75, 3.05) is 0 Å². The smallest absolute Gasteiger partial charge is 0.261 e. The minimum Gasteiger partial charge on any atom is -0.479 e. The number of nitrogens with zero attached hydrogens (tertiary/aromatic N) is 2. The molecular formula is C20H18Cl2FN3O2. The first-order chi connectivity index (χ1) is 13.3. The van der Waals surface area contributed by atoms with E-state index in [0.717, 1.165) is 0 Å². The molecule has 0 saturated carbocycles. The largest absolute Gasteiger partial charge is 0.479 e. The molecule has 3 aromatic rings. The molecule has 0 aliphatic heterocycles. The Morgan fingerprint density at radius 1 is 1.25 bits per heavy atom.